The molecule has 0 amide bonds. The number of hydrogen-bond donors (Lipinski definition) is 1. The number of aromatic nitrogens is 3. The van der Waals surface area contributed by atoms with Gasteiger partial charge in [-0.2, -0.15) is 0 Å². The van der Waals surface area contributed by atoms with E-state index in [4.69, 9.17) is 12.6 Å². The number of halogens is 1. The summed E-state index contributed by atoms with van der Waals surface area (Å²) >= 11 is 3.00. The number of nitrogen functional groups attached to an aromatic ring is 1. The van der Waals surface area contributed by atoms with Crippen LogP contribution in [0.5, 0.6) is 0 Å². The Bertz CT molecular complexity index is 641. The molecule has 5 heteroatoms. The SMILES string of the molecule is [2H]c1nc([2H])c(-n2c([2H])nc(Br)c2[2H])c([2H])c1N. The fraction of sp³-hybridized carbons (Fsp3) is 0. The van der Waals surface area contributed by atoms with E-state index in [0.29, 0.717) is 0 Å². The predicted octanol–water partition coefficient (Wildman–Crippen LogP) is 1.61. The number of hydrogen-bond acceptors (Lipinski definition) is 3. The lowest BCUT2D eigenvalue weighted by Crippen LogP contribution is -1.93. The maximum absolute atomic E-state index is 7.78. The van der Waals surface area contributed by atoms with E-state index in [9.17, 15) is 0 Å². The van der Waals surface area contributed by atoms with Crippen molar-refractivity contribution in [3.8, 4) is 5.69 Å². The average Bonchev–Trinajstić information content (AvgIpc) is 2.53. The van der Waals surface area contributed by atoms with Gasteiger partial charge in [-0.1, -0.05) is 0 Å². The van der Waals surface area contributed by atoms with Crippen molar-refractivity contribution in [3.05, 3.63) is 35.5 Å². The molecule has 66 valence electrons. The van der Waals surface area contributed by atoms with Gasteiger partial charge in [0.25, 0.3) is 0 Å². The standard InChI is InChI=1S/C8H7BrN4/c9-8-4-13(5-12-8)7-1-6(10)2-11-3-7/h1-5H,10H2/i1D,2D,3D,4D,5D. The molecule has 0 saturated heterocycles. The quantitative estimate of drug-likeness (QED) is 0.829. The molecule has 0 bridgehead atoms. The van der Waals surface area contributed by atoms with Crippen LogP contribution >= 0.6 is 15.9 Å². The van der Waals surface area contributed by atoms with Crippen LogP contribution in [0, 0.1) is 0 Å². The molecule has 0 fully saturated rings. The molecule has 2 N–H and O–H groups in total. The first-order chi connectivity index (χ1) is 8.34. The van der Waals surface area contributed by atoms with E-state index in [1.165, 1.54) is 0 Å². The van der Waals surface area contributed by atoms with E-state index < -0.39 is 6.17 Å². The van der Waals surface area contributed by atoms with Crippen molar-refractivity contribution in [1.82, 2.24) is 14.5 Å². The first kappa shape index (κ1) is 4.23. The van der Waals surface area contributed by atoms with Gasteiger partial charge in [0.15, 0.2) is 0 Å². The molecule has 0 atom stereocenters. The van der Waals surface area contributed by atoms with Crippen LogP contribution in [0.15, 0.2) is 35.5 Å². The Morgan fingerprint density at radius 1 is 1.54 bits per heavy atom. The molecule has 0 radical (unpaired) electrons. The Balaban J connectivity index is 2.83. The minimum atomic E-state index is -0.397. The zero-order valence-corrected chi connectivity index (χ0v) is 7.88. The number of pyridine rings is 1. The number of nitrogens with two attached hydrogens (primary N) is 1. The number of nitrogens with zero attached hydrogens (tertiary/aromatic N) is 3. The monoisotopic (exact) mass is 243 g/mol. The highest BCUT2D eigenvalue weighted by Gasteiger charge is 1.98. The molecule has 2 heterocycles. The molecule has 0 aliphatic rings. The lowest BCUT2D eigenvalue weighted by atomic mass is 10.4. The second kappa shape index (κ2) is 3.18. The van der Waals surface area contributed by atoms with Gasteiger partial charge in [-0.3, -0.25) is 4.98 Å². The van der Waals surface area contributed by atoms with Crippen molar-refractivity contribution in [2.45, 2.75) is 0 Å². The second-order valence-electron chi connectivity index (χ2n) is 2.17. The maximum Gasteiger partial charge on any atom is 0.124 e. The van der Waals surface area contributed by atoms with Gasteiger partial charge in [0.1, 0.15) is 12.3 Å². The molecule has 0 aliphatic heterocycles. The number of rotatable bonds is 1. The van der Waals surface area contributed by atoms with Crippen molar-refractivity contribution in [2.75, 3.05) is 5.73 Å². The van der Waals surface area contributed by atoms with Gasteiger partial charge >= 0.3 is 0 Å². The zero-order valence-electron chi connectivity index (χ0n) is 11.3. The van der Waals surface area contributed by atoms with Crippen molar-refractivity contribution in [3.63, 3.8) is 0 Å². The van der Waals surface area contributed by atoms with E-state index in [-0.39, 0.29) is 40.7 Å². The second-order valence-corrected chi connectivity index (χ2v) is 2.92. The average molecular weight is 244 g/mol. The molecule has 13 heavy (non-hydrogen) atoms. The smallest absolute Gasteiger partial charge is 0.124 e. The van der Waals surface area contributed by atoms with Crippen LogP contribution in [-0.2, 0) is 0 Å². The molecule has 0 spiro atoms. The van der Waals surface area contributed by atoms with Gasteiger partial charge in [0, 0.05) is 12.3 Å². The predicted molar refractivity (Wildman–Crippen MR) is 53.5 cm³/mol. The Hall–Kier alpha value is -1.36. The Labute approximate surface area is 90.6 Å². The third kappa shape index (κ3) is 1.70. The molecule has 0 unspecified atom stereocenters. The Morgan fingerprint density at radius 2 is 2.38 bits per heavy atom. The van der Waals surface area contributed by atoms with Crippen LogP contribution in [0.2, 0.25) is 0 Å². The first-order valence-corrected chi connectivity index (χ1v) is 4.09. The highest BCUT2D eigenvalue weighted by Crippen LogP contribution is 2.12. The molecule has 0 aromatic carbocycles. The summed E-state index contributed by atoms with van der Waals surface area (Å²) in [5.41, 5.74) is 5.18. The zero-order chi connectivity index (χ0) is 13.6. The number of imidazole rings is 1. The molecule has 2 aromatic heterocycles. The summed E-state index contributed by atoms with van der Waals surface area (Å²) in [6, 6.07) is -0.313. The van der Waals surface area contributed by atoms with Crippen molar-refractivity contribution in [2.24, 2.45) is 0 Å². The van der Waals surface area contributed by atoms with E-state index >= 15 is 0 Å². The Kier molecular flexibility index (Phi) is 1.04. The minimum Gasteiger partial charge on any atom is -0.397 e. The third-order valence-electron chi connectivity index (χ3n) is 1.27. The third-order valence-corrected chi connectivity index (χ3v) is 1.62. The summed E-state index contributed by atoms with van der Waals surface area (Å²) in [5.74, 6) is 0. The van der Waals surface area contributed by atoms with Crippen LogP contribution < -0.4 is 5.73 Å². The van der Waals surface area contributed by atoms with Crippen LogP contribution in [0.3, 0.4) is 0 Å². The Morgan fingerprint density at radius 3 is 3.08 bits per heavy atom. The topological polar surface area (TPSA) is 56.7 Å². The molecular formula is C8H7BrN4. The van der Waals surface area contributed by atoms with Gasteiger partial charge in [-0.05, 0) is 22.0 Å². The lowest BCUT2D eigenvalue weighted by molar-refractivity contribution is 1.04. The van der Waals surface area contributed by atoms with Crippen LogP contribution in [-0.4, -0.2) is 14.5 Å². The fourth-order valence-corrected chi connectivity index (χ4v) is 1.03. The summed E-state index contributed by atoms with van der Waals surface area (Å²) in [6.45, 7) is 0. The summed E-state index contributed by atoms with van der Waals surface area (Å²) in [5, 5.41) is 0. The number of anilines is 1. The van der Waals surface area contributed by atoms with Gasteiger partial charge in [0.05, 0.1) is 23.0 Å². The highest BCUT2D eigenvalue weighted by atomic mass is 79.9. The lowest BCUT2D eigenvalue weighted by Gasteiger charge is -2.00. The maximum atomic E-state index is 7.78. The summed E-state index contributed by atoms with van der Waals surface area (Å²) in [7, 11) is 0. The minimum absolute atomic E-state index is 0.125. The molecule has 0 saturated carbocycles. The van der Waals surface area contributed by atoms with E-state index in [1.807, 2.05) is 0 Å². The highest BCUT2D eigenvalue weighted by molar-refractivity contribution is 9.10. The van der Waals surface area contributed by atoms with Gasteiger partial charge in [-0.15, -0.1) is 0 Å². The van der Waals surface area contributed by atoms with Gasteiger partial charge < -0.3 is 10.3 Å². The largest absolute Gasteiger partial charge is 0.397 e. The normalized spacial score (nSPS) is 15.6. The summed E-state index contributed by atoms with van der Waals surface area (Å²) < 4.78 is 39.2. The van der Waals surface area contributed by atoms with Crippen molar-refractivity contribution < 1.29 is 6.85 Å². The fourth-order valence-electron chi connectivity index (χ4n) is 0.773. The molecular weight excluding hydrogens is 232 g/mol. The van der Waals surface area contributed by atoms with E-state index in [0.717, 1.165) is 4.57 Å². The van der Waals surface area contributed by atoms with Crippen molar-refractivity contribution in [1.29, 1.82) is 0 Å². The summed E-state index contributed by atoms with van der Waals surface area (Å²) in [6.07, 6.45) is -1.26. The van der Waals surface area contributed by atoms with Crippen LogP contribution in [0.25, 0.3) is 5.69 Å². The molecule has 2 aromatic rings. The molecule has 2 rings (SSSR count). The van der Waals surface area contributed by atoms with Crippen LogP contribution in [0.1, 0.15) is 6.85 Å². The first-order valence-electron chi connectivity index (χ1n) is 5.79. The van der Waals surface area contributed by atoms with Gasteiger partial charge in [-0.25, -0.2) is 4.98 Å². The molecule has 0 aliphatic carbocycles. The van der Waals surface area contributed by atoms with Crippen molar-refractivity contribution >= 4 is 21.6 Å². The van der Waals surface area contributed by atoms with E-state index in [1.54, 1.807) is 0 Å². The van der Waals surface area contributed by atoms with Gasteiger partial charge in [0.2, 0.25) is 0 Å². The molecule has 4 nitrogen and oxygen atoms in total. The van der Waals surface area contributed by atoms with E-state index in [2.05, 4.69) is 25.9 Å². The van der Waals surface area contributed by atoms with Crippen LogP contribution in [0.4, 0.5) is 5.69 Å². The summed E-state index contributed by atoms with van der Waals surface area (Å²) in [4.78, 5) is 7.26.